The summed E-state index contributed by atoms with van der Waals surface area (Å²) >= 11 is 0. The van der Waals surface area contributed by atoms with Crippen LogP contribution in [0.1, 0.15) is 61.0 Å². The van der Waals surface area contributed by atoms with E-state index in [0.717, 1.165) is 29.9 Å². The maximum Gasteiger partial charge on any atom is 0.269 e. The predicted octanol–water partition coefficient (Wildman–Crippen LogP) is 5.68. The van der Waals surface area contributed by atoms with Crippen molar-refractivity contribution in [3.63, 3.8) is 0 Å². The van der Waals surface area contributed by atoms with Crippen molar-refractivity contribution >= 4 is 34.5 Å². The number of benzene rings is 2. The van der Waals surface area contributed by atoms with Crippen molar-refractivity contribution < 1.29 is 9.72 Å². The average Bonchev–Trinajstić information content (AvgIpc) is 3.43. The number of non-ortho nitro benzene ring substituents is 1. The molecule has 1 aliphatic heterocycles. The zero-order valence-corrected chi connectivity index (χ0v) is 25.2. The van der Waals surface area contributed by atoms with Crippen LogP contribution in [0.5, 0.6) is 0 Å². The minimum absolute atomic E-state index is 0.0319. The van der Waals surface area contributed by atoms with Gasteiger partial charge in [-0.15, -0.1) is 0 Å². The van der Waals surface area contributed by atoms with Gasteiger partial charge in [-0.25, -0.2) is 4.98 Å². The van der Waals surface area contributed by atoms with E-state index in [-0.39, 0.29) is 11.6 Å². The Morgan fingerprint density at radius 2 is 1.84 bits per heavy atom. The van der Waals surface area contributed by atoms with Crippen LogP contribution in [0.4, 0.5) is 17.5 Å². The maximum absolute atomic E-state index is 13.1. The second-order valence-corrected chi connectivity index (χ2v) is 11.3. The highest BCUT2D eigenvalue weighted by Gasteiger charge is 2.26. The number of aromatic nitrogens is 4. The van der Waals surface area contributed by atoms with Gasteiger partial charge in [-0.2, -0.15) is 9.97 Å². The zero-order chi connectivity index (χ0) is 30.3. The Labute approximate surface area is 252 Å². The number of carbonyl (C=O) groups excluding carboxylic acids is 1. The standard InChI is InChI=1S/C32H40N8O3/c1-4-6-9-24(5-2)20-33-29-28-30(39(22-34-28)21-25-10-7-8-23(3)19-25)36-32(35-29)38-17-15-37(16-18-38)31(41)26-11-13-27(14-12-26)40(42)43/h7-8,10-14,19,22,24H,4-6,9,15-18,20-21H2,1-3H3,(H,33,35,36). The lowest BCUT2D eigenvalue weighted by Gasteiger charge is -2.35. The number of unbranched alkanes of at least 4 members (excludes halogenated alkanes) is 1. The molecule has 0 saturated carbocycles. The minimum atomic E-state index is -0.465. The molecule has 1 amide bonds. The third kappa shape index (κ3) is 7.10. The number of nitro groups is 1. The van der Waals surface area contributed by atoms with Crippen LogP contribution in [0.2, 0.25) is 0 Å². The average molecular weight is 585 g/mol. The Balaban J connectivity index is 1.37. The van der Waals surface area contributed by atoms with Gasteiger partial charge >= 0.3 is 0 Å². The first kappa shape index (κ1) is 29.9. The predicted molar refractivity (Wildman–Crippen MR) is 169 cm³/mol. The van der Waals surface area contributed by atoms with E-state index in [9.17, 15) is 14.9 Å². The Kier molecular flexibility index (Phi) is 9.48. The van der Waals surface area contributed by atoms with Crippen LogP contribution in [0.3, 0.4) is 0 Å². The number of nitro benzene ring substituents is 1. The highest BCUT2D eigenvalue weighted by Crippen LogP contribution is 2.26. The summed E-state index contributed by atoms with van der Waals surface area (Å²) in [6, 6.07) is 14.2. The van der Waals surface area contributed by atoms with Gasteiger partial charge in [0, 0.05) is 50.4 Å². The number of hydrogen-bond acceptors (Lipinski definition) is 8. The number of nitrogens with zero attached hydrogens (tertiary/aromatic N) is 7. The number of fused-ring (bicyclic) bond motifs is 1. The van der Waals surface area contributed by atoms with Crippen molar-refractivity contribution in [2.75, 3.05) is 42.9 Å². The van der Waals surface area contributed by atoms with Gasteiger partial charge in [-0.05, 0) is 37.0 Å². The quantitative estimate of drug-likeness (QED) is 0.167. The molecule has 0 bridgehead atoms. The van der Waals surface area contributed by atoms with E-state index in [1.807, 2.05) is 6.33 Å². The van der Waals surface area contributed by atoms with Gasteiger partial charge in [-0.1, -0.05) is 62.9 Å². The molecular formula is C32H40N8O3. The second-order valence-electron chi connectivity index (χ2n) is 11.3. The van der Waals surface area contributed by atoms with Gasteiger partial charge in [0.2, 0.25) is 5.95 Å². The lowest BCUT2D eigenvalue weighted by Crippen LogP contribution is -2.49. The third-order valence-electron chi connectivity index (χ3n) is 8.16. The number of anilines is 2. The first-order valence-electron chi connectivity index (χ1n) is 15.2. The van der Waals surface area contributed by atoms with Crippen LogP contribution >= 0.6 is 0 Å². The molecule has 5 rings (SSSR count). The van der Waals surface area contributed by atoms with Crippen LogP contribution < -0.4 is 10.2 Å². The molecule has 3 heterocycles. The second kappa shape index (κ2) is 13.6. The van der Waals surface area contributed by atoms with Gasteiger partial charge in [0.25, 0.3) is 11.6 Å². The summed E-state index contributed by atoms with van der Waals surface area (Å²) < 4.78 is 2.07. The molecule has 1 atom stereocenters. The maximum atomic E-state index is 13.1. The van der Waals surface area contributed by atoms with Crippen LogP contribution in [-0.4, -0.2) is 68.0 Å². The van der Waals surface area contributed by atoms with Crippen molar-refractivity contribution in [2.24, 2.45) is 5.92 Å². The first-order chi connectivity index (χ1) is 20.9. The largest absolute Gasteiger partial charge is 0.368 e. The van der Waals surface area contributed by atoms with Crippen LogP contribution in [0.25, 0.3) is 11.2 Å². The topological polar surface area (TPSA) is 122 Å². The smallest absolute Gasteiger partial charge is 0.269 e. The van der Waals surface area contributed by atoms with E-state index in [0.29, 0.717) is 50.2 Å². The van der Waals surface area contributed by atoms with Crippen LogP contribution in [0, 0.1) is 23.0 Å². The fraction of sp³-hybridized carbons (Fsp3) is 0.438. The Morgan fingerprint density at radius 3 is 2.51 bits per heavy atom. The SMILES string of the molecule is CCCCC(CC)CNc1nc(N2CCN(C(=O)c3ccc([N+](=O)[O-])cc3)CC2)nc2c1ncn2Cc1cccc(C)c1. The van der Waals surface area contributed by atoms with Gasteiger partial charge in [0.1, 0.15) is 0 Å². The number of amides is 1. The molecule has 0 radical (unpaired) electrons. The monoisotopic (exact) mass is 584 g/mol. The highest BCUT2D eigenvalue weighted by molar-refractivity contribution is 5.94. The Hall–Kier alpha value is -4.54. The van der Waals surface area contributed by atoms with Crippen molar-refractivity contribution in [1.29, 1.82) is 0 Å². The first-order valence-corrected chi connectivity index (χ1v) is 15.2. The highest BCUT2D eigenvalue weighted by atomic mass is 16.6. The summed E-state index contributed by atoms with van der Waals surface area (Å²) in [5.41, 5.74) is 4.33. The molecule has 2 aromatic heterocycles. The van der Waals surface area contributed by atoms with E-state index in [1.165, 1.54) is 54.7 Å². The van der Waals surface area contributed by atoms with Crippen molar-refractivity contribution in [1.82, 2.24) is 24.4 Å². The molecule has 226 valence electrons. The molecule has 43 heavy (non-hydrogen) atoms. The van der Waals surface area contributed by atoms with Gasteiger partial charge < -0.3 is 19.7 Å². The number of rotatable bonds is 12. The Bertz CT molecular complexity index is 1560. The number of imidazole rings is 1. The van der Waals surface area contributed by atoms with E-state index < -0.39 is 4.92 Å². The molecule has 2 aromatic carbocycles. The molecule has 0 spiro atoms. The number of hydrogen-bond donors (Lipinski definition) is 1. The van der Waals surface area contributed by atoms with Gasteiger partial charge in [0.15, 0.2) is 17.0 Å². The molecule has 1 aliphatic rings. The minimum Gasteiger partial charge on any atom is -0.368 e. The van der Waals surface area contributed by atoms with Crippen molar-refractivity contribution in [3.05, 3.63) is 81.7 Å². The van der Waals surface area contributed by atoms with Crippen LogP contribution in [0.15, 0.2) is 54.9 Å². The summed E-state index contributed by atoms with van der Waals surface area (Å²) in [6.45, 7) is 10.2. The van der Waals surface area contributed by atoms with Gasteiger partial charge in [0.05, 0.1) is 17.8 Å². The lowest BCUT2D eigenvalue weighted by molar-refractivity contribution is -0.384. The number of piperazine rings is 1. The fourth-order valence-corrected chi connectivity index (χ4v) is 5.52. The Morgan fingerprint density at radius 1 is 1.07 bits per heavy atom. The lowest BCUT2D eigenvalue weighted by atomic mass is 9.99. The molecule has 1 N–H and O–H groups in total. The summed E-state index contributed by atoms with van der Waals surface area (Å²) in [4.78, 5) is 42.2. The third-order valence-corrected chi connectivity index (χ3v) is 8.16. The zero-order valence-electron chi connectivity index (χ0n) is 25.2. The van der Waals surface area contributed by atoms with Gasteiger partial charge in [-0.3, -0.25) is 14.9 Å². The molecule has 11 heteroatoms. The number of carbonyl (C=O) groups is 1. The number of nitrogens with one attached hydrogen (secondary N) is 1. The molecular weight excluding hydrogens is 544 g/mol. The summed E-state index contributed by atoms with van der Waals surface area (Å²) in [5.74, 6) is 1.77. The normalized spacial score (nSPS) is 14.2. The van der Waals surface area contributed by atoms with E-state index in [1.54, 1.807) is 4.90 Å². The summed E-state index contributed by atoms with van der Waals surface area (Å²) in [6.07, 6.45) is 6.50. The fourth-order valence-electron chi connectivity index (χ4n) is 5.52. The van der Waals surface area contributed by atoms with Crippen molar-refractivity contribution in [3.8, 4) is 0 Å². The van der Waals surface area contributed by atoms with E-state index in [2.05, 4.69) is 59.8 Å². The van der Waals surface area contributed by atoms with E-state index in [4.69, 9.17) is 15.0 Å². The summed E-state index contributed by atoms with van der Waals surface area (Å²) in [7, 11) is 0. The molecule has 1 saturated heterocycles. The molecule has 1 unspecified atom stereocenters. The molecule has 4 aromatic rings. The molecule has 1 fully saturated rings. The number of aryl methyl sites for hydroxylation is 1. The van der Waals surface area contributed by atoms with E-state index >= 15 is 0 Å². The van der Waals surface area contributed by atoms with Crippen molar-refractivity contribution in [2.45, 2.75) is 53.0 Å². The van der Waals surface area contributed by atoms with Crippen LogP contribution in [-0.2, 0) is 6.54 Å². The summed E-state index contributed by atoms with van der Waals surface area (Å²) in [5, 5.41) is 14.6. The molecule has 0 aliphatic carbocycles. The molecule has 11 nitrogen and oxygen atoms in total.